The second-order valence-corrected chi connectivity index (χ2v) is 4.14. The Balaban J connectivity index is 2.91. The van der Waals surface area contributed by atoms with E-state index in [1.165, 1.54) is 5.57 Å². The molecule has 0 saturated carbocycles. The number of ether oxygens (including phenoxy) is 2. The second kappa shape index (κ2) is 4.54. The van der Waals surface area contributed by atoms with Gasteiger partial charge in [0.05, 0.1) is 14.2 Å². The first-order chi connectivity index (χ1) is 6.60. The summed E-state index contributed by atoms with van der Waals surface area (Å²) in [5, 5.41) is 0. The molecule has 0 aromatic rings. The van der Waals surface area contributed by atoms with E-state index in [9.17, 15) is 0 Å². The molecule has 1 atom stereocenters. The van der Waals surface area contributed by atoms with E-state index in [0.717, 1.165) is 17.9 Å². The quantitative estimate of drug-likeness (QED) is 0.690. The Hall–Kier alpha value is -0.920. The van der Waals surface area contributed by atoms with Gasteiger partial charge in [-0.25, -0.2) is 0 Å². The van der Waals surface area contributed by atoms with Gasteiger partial charge in [0, 0.05) is 6.42 Å². The molecule has 1 aliphatic carbocycles. The van der Waals surface area contributed by atoms with Crippen molar-refractivity contribution in [3.8, 4) is 0 Å². The van der Waals surface area contributed by atoms with E-state index >= 15 is 0 Å². The summed E-state index contributed by atoms with van der Waals surface area (Å²) < 4.78 is 10.6. The summed E-state index contributed by atoms with van der Waals surface area (Å²) in [4.78, 5) is 0. The van der Waals surface area contributed by atoms with Crippen molar-refractivity contribution in [1.29, 1.82) is 0 Å². The zero-order valence-electron chi connectivity index (χ0n) is 9.76. The van der Waals surface area contributed by atoms with Crippen LogP contribution >= 0.6 is 0 Å². The van der Waals surface area contributed by atoms with Gasteiger partial charge < -0.3 is 9.47 Å². The van der Waals surface area contributed by atoms with Crippen LogP contribution in [-0.4, -0.2) is 14.2 Å². The molecule has 0 aliphatic heterocycles. The molecular weight excluding hydrogens is 176 g/mol. The standard InChI is InChI=1S/C12H20O2/c1-8(2)10-7-12(14-5)11(13-4)6-9(10)3/h6,8,10H,7H2,1-5H3. The Morgan fingerprint density at radius 3 is 2.36 bits per heavy atom. The summed E-state index contributed by atoms with van der Waals surface area (Å²) in [5.74, 6) is 3.08. The lowest BCUT2D eigenvalue weighted by Crippen LogP contribution is -2.17. The van der Waals surface area contributed by atoms with Gasteiger partial charge in [0.15, 0.2) is 5.76 Å². The third kappa shape index (κ3) is 2.11. The van der Waals surface area contributed by atoms with Crippen LogP contribution in [0, 0.1) is 11.8 Å². The molecule has 0 amide bonds. The van der Waals surface area contributed by atoms with E-state index in [2.05, 4.69) is 26.8 Å². The highest BCUT2D eigenvalue weighted by molar-refractivity contribution is 5.28. The number of methoxy groups -OCH3 is 2. The van der Waals surface area contributed by atoms with Gasteiger partial charge in [-0.2, -0.15) is 0 Å². The number of allylic oxidation sites excluding steroid dienone is 3. The fourth-order valence-electron chi connectivity index (χ4n) is 1.97. The molecule has 0 N–H and O–H groups in total. The van der Waals surface area contributed by atoms with Crippen molar-refractivity contribution in [2.45, 2.75) is 27.2 Å². The molecule has 1 unspecified atom stereocenters. The summed E-state index contributed by atoms with van der Waals surface area (Å²) in [6.45, 7) is 6.65. The minimum Gasteiger partial charge on any atom is -0.497 e. The molecule has 2 nitrogen and oxygen atoms in total. The van der Waals surface area contributed by atoms with Crippen molar-refractivity contribution in [2.24, 2.45) is 11.8 Å². The summed E-state index contributed by atoms with van der Waals surface area (Å²) in [6.07, 6.45) is 3.05. The predicted molar refractivity (Wildman–Crippen MR) is 57.7 cm³/mol. The number of rotatable bonds is 3. The maximum Gasteiger partial charge on any atom is 0.156 e. The van der Waals surface area contributed by atoms with Crippen LogP contribution in [0.25, 0.3) is 0 Å². The van der Waals surface area contributed by atoms with Gasteiger partial charge in [0.25, 0.3) is 0 Å². The van der Waals surface area contributed by atoms with Crippen LogP contribution in [0.5, 0.6) is 0 Å². The van der Waals surface area contributed by atoms with E-state index in [1.54, 1.807) is 14.2 Å². The van der Waals surface area contributed by atoms with Crippen LogP contribution in [-0.2, 0) is 9.47 Å². The van der Waals surface area contributed by atoms with Crippen LogP contribution in [0.1, 0.15) is 27.2 Å². The monoisotopic (exact) mass is 196 g/mol. The number of hydrogen-bond donors (Lipinski definition) is 0. The molecule has 1 aliphatic rings. The summed E-state index contributed by atoms with van der Waals surface area (Å²) in [6, 6.07) is 0. The highest BCUT2D eigenvalue weighted by Gasteiger charge is 2.24. The molecule has 0 radical (unpaired) electrons. The Morgan fingerprint density at radius 2 is 1.93 bits per heavy atom. The molecule has 1 rings (SSSR count). The first-order valence-electron chi connectivity index (χ1n) is 5.09. The van der Waals surface area contributed by atoms with Crippen LogP contribution in [0.15, 0.2) is 23.2 Å². The van der Waals surface area contributed by atoms with E-state index in [0.29, 0.717) is 11.8 Å². The third-order valence-electron chi connectivity index (χ3n) is 2.89. The Kier molecular flexibility index (Phi) is 3.62. The van der Waals surface area contributed by atoms with E-state index < -0.39 is 0 Å². The number of hydrogen-bond acceptors (Lipinski definition) is 2. The van der Waals surface area contributed by atoms with Gasteiger partial charge in [-0.3, -0.25) is 0 Å². The molecular formula is C12H20O2. The van der Waals surface area contributed by atoms with Crippen molar-refractivity contribution in [3.63, 3.8) is 0 Å². The lowest BCUT2D eigenvalue weighted by Gasteiger charge is -2.27. The van der Waals surface area contributed by atoms with Crippen molar-refractivity contribution in [2.75, 3.05) is 14.2 Å². The first kappa shape index (κ1) is 11.2. The van der Waals surface area contributed by atoms with E-state index in [4.69, 9.17) is 9.47 Å². The molecule has 0 aromatic carbocycles. The average Bonchev–Trinajstić information content (AvgIpc) is 2.16. The van der Waals surface area contributed by atoms with Gasteiger partial charge in [0.1, 0.15) is 5.76 Å². The Morgan fingerprint density at radius 1 is 1.29 bits per heavy atom. The van der Waals surface area contributed by atoms with Crippen LogP contribution in [0.2, 0.25) is 0 Å². The van der Waals surface area contributed by atoms with Gasteiger partial charge in [-0.1, -0.05) is 19.4 Å². The maximum atomic E-state index is 5.33. The molecule has 2 heteroatoms. The summed E-state index contributed by atoms with van der Waals surface area (Å²) >= 11 is 0. The van der Waals surface area contributed by atoms with Crippen molar-refractivity contribution in [3.05, 3.63) is 23.2 Å². The zero-order valence-corrected chi connectivity index (χ0v) is 9.76. The SMILES string of the molecule is COC1=C(OC)CC(C(C)C)C(C)=C1. The van der Waals surface area contributed by atoms with Crippen molar-refractivity contribution < 1.29 is 9.47 Å². The lowest BCUT2D eigenvalue weighted by molar-refractivity contribution is 0.199. The Bertz CT molecular complexity index is 261. The molecule has 0 heterocycles. The van der Waals surface area contributed by atoms with Crippen LogP contribution < -0.4 is 0 Å². The van der Waals surface area contributed by atoms with Crippen LogP contribution in [0.4, 0.5) is 0 Å². The highest BCUT2D eigenvalue weighted by Crippen LogP contribution is 2.34. The molecule has 0 aromatic heterocycles. The van der Waals surface area contributed by atoms with Gasteiger partial charge >= 0.3 is 0 Å². The molecule has 0 saturated heterocycles. The topological polar surface area (TPSA) is 18.5 Å². The largest absolute Gasteiger partial charge is 0.497 e. The summed E-state index contributed by atoms with van der Waals surface area (Å²) in [7, 11) is 3.40. The van der Waals surface area contributed by atoms with Crippen LogP contribution in [0.3, 0.4) is 0 Å². The third-order valence-corrected chi connectivity index (χ3v) is 2.89. The van der Waals surface area contributed by atoms with Crippen molar-refractivity contribution >= 4 is 0 Å². The predicted octanol–water partition coefficient (Wildman–Crippen LogP) is 3.11. The minimum atomic E-state index is 0.587. The summed E-state index contributed by atoms with van der Waals surface area (Å²) in [5.41, 5.74) is 1.39. The molecule has 80 valence electrons. The van der Waals surface area contributed by atoms with Gasteiger partial charge in [0.2, 0.25) is 0 Å². The molecule has 0 spiro atoms. The maximum absolute atomic E-state index is 5.33. The van der Waals surface area contributed by atoms with Gasteiger partial charge in [-0.05, 0) is 24.8 Å². The highest BCUT2D eigenvalue weighted by atomic mass is 16.5. The smallest absolute Gasteiger partial charge is 0.156 e. The zero-order chi connectivity index (χ0) is 10.7. The van der Waals surface area contributed by atoms with Crippen molar-refractivity contribution in [1.82, 2.24) is 0 Å². The van der Waals surface area contributed by atoms with E-state index in [1.807, 2.05) is 0 Å². The fourth-order valence-corrected chi connectivity index (χ4v) is 1.97. The van der Waals surface area contributed by atoms with Gasteiger partial charge in [-0.15, -0.1) is 0 Å². The lowest BCUT2D eigenvalue weighted by atomic mass is 9.82. The minimum absolute atomic E-state index is 0.587. The normalized spacial score (nSPS) is 22.4. The average molecular weight is 196 g/mol. The Labute approximate surface area is 86.6 Å². The molecule has 0 bridgehead atoms. The first-order valence-corrected chi connectivity index (χ1v) is 5.09. The van der Waals surface area contributed by atoms with E-state index in [-0.39, 0.29) is 0 Å². The second-order valence-electron chi connectivity index (χ2n) is 4.14. The molecule has 14 heavy (non-hydrogen) atoms. The molecule has 0 fully saturated rings. The fraction of sp³-hybridized carbons (Fsp3) is 0.667.